The van der Waals surface area contributed by atoms with Gasteiger partial charge in [0.1, 0.15) is 0 Å². The first kappa shape index (κ1) is 12.8. The molecule has 0 saturated carbocycles. The first-order valence-corrected chi connectivity index (χ1v) is 6.32. The summed E-state index contributed by atoms with van der Waals surface area (Å²) in [7, 11) is 0. The molecule has 2 aromatic rings. The van der Waals surface area contributed by atoms with Gasteiger partial charge in [-0.25, -0.2) is 0 Å². The number of aliphatic hydroxyl groups is 1. The Bertz CT molecular complexity index is 481. The second kappa shape index (κ2) is 5.78. The molecule has 4 heteroatoms. The molecule has 18 heavy (non-hydrogen) atoms. The first-order valence-electron chi connectivity index (χ1n) is 6.32. The van der Waals surface area contributed by atoms with Crippen LogP contribution in [0.2, 0.25) is 0 Å². The summed E-state index contributed by atoms with van der Waals surface area (Å²) in [6.07, 6.45) is 6.42. The number of aromatic nitrogens is 3. The van der Waals surface area contributed by atoms with Gasteiger partial charge in [0.2, 0.25) is 0 Å². The molecule has 0 bridgehead atoms. The zero-order valence-corrected chi connectivity index (χ0v) is 10.8. The SMILES string of the molecule is CCC(C)n1ccc(CC(O)c2ccncc2)n1. The van der Waals surface area contributed by atoms with Crippen LogP contribution in [0.5, 0.6) is 0 Å². The Morgan fingerprint density at radius 1 is 1.28 bits per heavy atom. The molecule has 0 aliphatic carbocycles. The normalized spacial score (nSPS) is 14.4. The molecule has 1 N–H and O–H groups in total. The Morgan fingerprint density at radius 2 is 2.00 bits per heavy atom. The monoisotopic (exact) mass is 245 g/mol. The predicted octanol–water partition coefficient (Wildman–Crippen LogP) is 2.53. The molecule has 96 valence electrons. The van der Waals surface area contributed by atoms with Crippen LogP contribution in [-0.4, -0.2) is 19.9 Å². The molecule has 2 heterocycles. The number of hydrogen-bond donors (Lipinski definition) is 1. The third kappa shape index (κ3) is 2.96. The van der Waals surface area contributed by atoms with E-state index in [1.807, 2.05) is 29.1 Å². The van der Waals surface area contributed by atoms with Gasteiger partial charge in [0.15, 0.2) is 0 Å². The van der Waals surface area contributed by atoms with Gasteiger partial charge in [0.05, 0.1) is 11.8 Å². The van der Waals surface area contributed by atoms with Gasteiger partial charge in [-0.1, -0.05) is 6.92 Å². The van der Waals surface area contributed by atoms with Gasteiger partial charge in [-0.3, -0.25) is 9.67 Å². The lowest BCUT2D eigenvalue weighted by Gasteiger charge is -2.10. The molecule has 2 unspecified atom stereocenters. The van der Waals surface area contributed by atoms with Crippen molar-refractivity contribution in [2.45, 2.75) is 38.8 Å². The Labute approximate surface area is 107 Å². The lowest BCUT2D eigenvalue weighted by atomic mass is 10.1. The number of pyridine rings is 1. The minimum absolute atomic E-state index is 0.400. The van der Waals surface area contributed by atoms with Crippen LogP contribution in [0, 0.1) is 0 Å². The fourth-order valence-corrected chi connectivity index (χ4v) is 1.82. The molecule has 0 radical (unpaired) electrons. The summed E-state index contributed by atoms with van der Waals surface area (Å²) >= 11 is 0. The largest absolute Gasteiger partial charge is 0.388 e. The average Bonchev–Trinajstić information content (AvgIpc) is 2.87. The van der Waals surface area contributed by atoms with Crippen molar-refractivity contribution in [3.8, 4) is 0 Å². The Kier molecular flexibility index (Phi) is 4.10. The highest BCUT2D eigenvalue weighted by Crippen LogP contribution is 2.17. The second-order valence-corrected chi connectivity index (χ2v) is 4.54. The van der Waals surface area contributed by atoms with E-state index in [1.165, 1.54) is 0 Å². The molecule has 0 saturated heterocycles. The maximum absolute atomic E-state index is 10.1. The minimum atomic E-state index is -0.520. The summed E-state index contributed by atoms with van der Waals surface area (Å²) in [6.45, 7) is 4.27. The molecule has 2 aromatic heterocycles. The zero-order valence-electron chi connectivity index (χ0n) is 10.8. The average molecular weight is 245 g/mol. The summed E-state index contributed by atoms with van der Waals surface area (Å²) in [5.41, 5.74) is 1.79. The maximum Gasteiger partial charge on any atom is 0.0847 e. The molecule has 2 rings (SSSR count). The van der Waals surface area contributed by atoms with Gasteiger partial charge in [-0.05, 0) is 37.1 Å². The standard InChI is InChI=1S/C14H19N3O/c1-3-11(2)17-9-6-13(16-17)10-14(18)12-4-7-15-8-5-12/h4-9,11,14,18H,3,10H2,1-2H3. The molecule has 0 fully saturated rings. The quantitative estimate of drug-likeness (QED) is 0.880. The van der Waals surface area contributed by atoms with Crippen LogP contribution < -0.4 is 0 Å². The van der Waals surface area contributed by atoms with E-state index in [1.54, 1.807) is 12.4 Å². The van der Waals surface area contributed by atoms with Crippen molar-refractivity contribution in [2.24, 2.45) is 0 Å². The van der Waals surface area contributed by atoms with E-state index in [0.29, 0.717) is 12.5 Å². The van der Waals surface area contributed by atoms with Crippen molar-refractivity contribution in [1.82, 2.24) is 14.8 Å². The molecule has 0 spiro atoms. The van der Waals surface area contributed by atoms with Crippen LogP contribution in [0.4, 0.5) is 0 Å². The van der Waals surface area contributed by atoms with Crippen molar-refractivity contribution < 1.29 is 5.11 Å². The smallest absolute Gasteiger partial charge is 0.0847 e. The first-order chi connectivity index (χ1) is 8.70. The molecule has 0 aliphatic rings. The number of hydrogen-bond acceptors (Lipinski definition) is 3. The summed E-state index contributed by atoms with van der Waals surface area (Å²) in [5.74, 6) is 0. The lowest BCUT2D eigenvalue weighted by molar-refractivity contribution is 0.176. The number of nitrogens with zero attached hydrogens (tertiary/aromatic N) is 3. The number of rotatable bonds is 5. The van der Waals surface area contributed by atoms with Crippen molar-refractivity contribution in [2.75, 3.05) is 0 Å². The van der Waals surface area contributed by atoms with Gasteiger partial charge in [-0.15, -0.1) is 0 Å². The summed E-state index contributed by atoms with van der Waals surface area (Å²) in [6, 6.07) is 6.03. The van der Waals surface area contributed by atoms with E-state index < -0.39 is 6.10 Å². The van der Waals surface area contributed by atoms with Gasteiger partial charge >= 0.3 is 0 Å². The minimum Gasteiger partial charge on any atom is -0.388 e. The van der Waals surface area contributed by atoms with Gasteiger partial charge < -0.3 is 5.11 Å². The molecule has 4 nitrogen and oxygen atoms in total. The summed E-state index contributed by atoms with van der Waals surface area (Å²) < 4.78 is 1.95. The highest BCUT2D eigenvalue weighted by Gasteiger charge is 2.11. The molecular weight excluding hydrogens is 226 g/mol. The van der Waals surface area contributed by atoms with Crippen LogP contribution >= 0.6 is 0 Å². The fraction of sp³-hybridized carbons (Fsp3) is 0.429. The van der Waals surface area contributed by atoms with Crippen molar-refractivity contribution in [1.29, 1.82) is 0 Å². The van der Waals surface area contributed by atoms with E-state index in [4.69, 9.17) is 0 Å². The molecule has 2 atom stereocenters. The lowest BCUT2D eigenvalue weighted by Crippen LogP contribution is -2.07. The Morgan fingerprint density at radius 3 is 2.67 bits per heavy atom. The Hall–Kier alpha value is -1.68. The molecular formula is C14H19N3O. The third-order valence-corrected chi connectivity index (χ3v) is 3.20. The van der Waals surface area contributed by atoms with E-state index in [9.17, 15) is 5.11 Å². The topological polar surface area (TPSA) is 50.9 Å². The van der Waals surface area contributed by atoms with Gasteiger partial charge in [0, 0.05) is 31.1 Å². The van der Waals surface area contributed by atoms with Gasteiger partial charge in [0.25, 0.3) is 0 Å². The van der Waals surface area contributed by atoms with Crippen molar-refractivity contribution in [3.05, 3.63) is 48.0 Å². The van der Waals surface area contributed by atoms with E-state index in [0.717, 1.165) is 17.7 Å². The maximum atomic E-state index is 10.1. The van der Waals surface area contributed by atoms with Crippen LogP contribution in [0.25, 0.3) is 0 Å². The molecule has 0 amide bonds. The van der Waals surface area contributed by atoms with E-state index >= 15 is 0 Å². The summed E-state index contributed by atoms with van der Waals surface area (Å²) in [4.78, 5) is 3.94. The molecule has 0 aliphatic heterocycles. The Balaban J connectivity index is 2.03. The van der Waals surface area contributed by atoms with Crippen LogP contribution in [0.1, 0.15) is 43.7 Å². The van der Waals surface area contributed by atoms with Crippen molar-refractivity contribution >= 4 is 0 Å². The highest BCUT2D eigenvalue weighted by molar-refractivity contribution is 5.15. The second-order valence-electron chi connectivity index (χ2n) is 4.54. The zero-order chi connectivity index (χ0) is 13.0. The summed E-state index contributed by atoms with van der Waals surface area (Å²) in [5, 5.41) is 14.6. The number of aliphatic hydroxyl groups excluding tert-OH is 1. The van der Waals surface area contributed by atoms with E-state index in [-0.39, 0.29) is 0 Å². The van der Waals surface area contributed by atoms with Crippen LogP contribution in [0.15, 0.2) is 36.8 Å². The predicted molar refractivity (Wildman–Crippen MR) is 70.1 cm³/mol. The third-order valence-electron chi connectivity index (χ3n) is 3.20. The fourth-order valence-electron chi connectivity index (χ4n) is 1.82. The van der Waals surface area contributed by atoms with Crippen LogP contribution in [0.3, 0.4) is 0 Å². The van der Waals surface area contributed by atoms with Gasteiger partial charge in [-0.2, -0.15) is 5.10 Å². The van der Waals surface area contributed by atoms with Crippen LogP contribution in [-0.2, 0) is 6.42 Å². The molecule has 0 aromatic carbocycles. The van der Waals surface area contributed by atoms with E-state index in [2.05, 4.69) is 23.9 Å². The van der Waals surface area contributed by atoms with Crippen molar-refractivity contribution in [3.63, 3.8) is 0 Å². The highest BCUT2D eigenvalue weighted by atomic mass is 16.3.